The van der Waals surface area contributed by atoms with Crippen molar-refractivity contribution in [1.82, 2.24) is 39.0 Å². The zero-order valence-electron chi connectivity index (χ0n) is 63.7. The highest BCUT2D eigenvalue weighted by Gasteiger charge is 2.28. The van der Waals surface area contributed by atoms with Crippen molar-refractivity contribution in [3.05, 3.63) is 413 Å². The van der Waals surface area contributed by atoms with E-state index in [9.17, 15) is 0 Å². The molecule has 0 amide bonds. The minimum absolute atomic E-state index is 0.584. The first-order valence-corrected chi connectivity index (χ1v) is 39.6. The molecule has 23 rings (SSSR count). The summed E-state index contributed by atoms with van der Waals surface area (Å²) in [6, 6.07) is 144. The summed E-state index contributed by atoms with van der Waals surface area (Å²) in [6.45, 7) is 0. The van der Waals surface area contributed by atoms with Crippen LogP contribution >= 0.6 is 0 Å². The lowest BCUT2D eigenvalue weighted by atomic mass is 9.91. The number of nitrogens with zero attached hydrogens (tertiary/aromatic N) is 8. The van der Waals surface area contributed by atoms with Gasteiger partial charge in [0, 0.05) is 87.6 Å². The number of hydrogen-bond donors (Lipinski definition) is 0. The average molecular weight is 1510 g/mol. The maximum atomic E-state index is 6.60. The fourth-order valence-corrected chi connectivity index (χ4v) is 17.2. The van der Waals surface area contributed by atoms with Crippen LogP contribution in [0.3, 0.4) is 0 Å². The molecular formula is C108H68N8O2. The molecule has 0 N–H and O–H groups in total. The Hall–Kier alpha value is -16.0. The molecule has 0 aliphatic carbocycles. The van der Waals surface area contributed by atoms with Crippen molar-refractivity contribution < 1.29 is 8.83 Å². The van der Waals surface area contributed by atoms with Gasteiger partial charge < -0.3 is 18.0 Å². The summed E-state index contributed by atoms with van der Waals surface area (Å²) in [5.74, 6) is 3.64. The van der Waals surface area contributed by atoms with Crippen LogP contribution < -0.4 is 0 Å². The molecule has 0 aliphatic rings. The van der Waals surface area contributed by atoms with E-state index in [2.05, 4.69) is 319 Å². The highest BCUT2D eigenvalue weighted by Crippen LogP contribution is 2.48. The topological polar surface area (TPSA) is 113 Å². The second-order valence-corrected chi connectivity index (χ2v) is 29.5. The third kappa shape index (κ3) is 12.1. The van der Waals surface area contributed by atoms with Gasteiger partial charge in [-0.3, -0.25) is 0 Å². The van der Waals surface area contributed by atoms with E-state index >= 15 is 0 Å². The van der Waals surface area contributed by atoms with Crippen LogP contribution in [0.1, 0.15) is 0 Å². The molecule has 0 saturated carbocycles. The first kappa shape index (κ1) is 68.7. The quantitative estimate of drug-likeness (QED) is 0.112. The molecule has 0 fully saturated rings. The molecule has 0 unspecified atom stereocenters. The average Bonchev–Trinajstić information content (AvgIpc) is 1.55. The van der Waals surface area contributed by atoms with E-state index in [0.717, 1.165) is 188 Å². The van der Waals surface area contributed by atoms with E-state index in [1.54, 1.807) is 0 Å². The van der Waals surface area contributed by atoms with E-state index in [1.807, 2.05) is 103 Å². The molecule has 10 nitrogen and oxygen atoms in total. The summed E-state index contributed by atoms with van der Waals surface area (Å²) in [5, 5.41) is 9.04. The lowest BCUT2D eigenvalue weighted by Gasteiger charge is -2.20. The van der Waals surface area contributed by atoms with Gasteiger partial charge in [-0.25, -0.2) is 29.9 Å². The fraction of sp³-hybridized carbons (Fsp3) is 0. The molecule has 6 heterocycles. The largest absolute Gasteiger partial charge is 0.455 e. The fourth-order valence-electron chi connectivity index (χ4n) is 17.2. The monoisotopic (exact) mass is 1510 g/mol. The SMILES string of the molecule is c1ccc(-c2nc(-c3ccccc3)nc(-c3c(-c4ccccc4)cccc3-n3c4ccccc4c4ccc(-c5cccc6c5oc5ccccc56)cc43)n2)cc1.c1ccc(-c2nc(-c3ccccc3)nc(-c3cccc(-c4ccccc4-c4ccccc4)c3-n3c4ccccc4c4ccc(-c5cccc6c5oc5ccccc56)cc43)n2)cc1. The van der Waals surface area contributed by atoms with E-state index in [1.165, 1.54) is 0 Å². The van der Waals surface area contributed by atoms with Gasteiger partial charge in [-0.15, -0.1) is 0 Å². The molecule has 0 bridgehead atoms. The Morgan fingerprint density at radius 1 is 0.178 bits per heavy atom. The van der Waals surface area contributed by atoms with Crippen LogP contribution in [0.4, 0.5) is 0 Å². The van der Waals surface area contributed by atoms with Gasteiger partial charge >= 0.3 is 0 Å². The van der Waals surface area contributed by atoms with Gasteiger partial charge in [0.25, 0.3) is 0 Å². The predicted octanol–water partition coefficient (Wildman–Crippen LogP) is 28.1. The predicted molar refractivity (Wildman–Crippen MR) is 483 cm³/mol. The summed E-state index contributed by atoms with van der Waals surface area (Å²) in [5.41, 5.74) is 26.0. The highest BCUT2D eigenvalue weighted by atomic mass is 16.3. The maximum Gasteiger partial charge on any atom is 0.166 e. The first-order chi connectivity index (χ1) is 58.5. The zero-order chi connectivity index (χ0) is 78.0. The van der Waals surface area contributed by atoms with Gasteiger partial charge in [-0.2, -0.15) is 0 Å². The van der Waals surface area contributed by atoms with E-state index in [4.69, 9.17) is 38.7 Å². The van der Waals surface area contributed by atoms with Crippen molar-refractivity contribution in [3.8, 4) is 135 Å². The molecule has 10 heteroatoms. The molecule has 552 valence electrons. The lowest BCUT2D eigenvalue weighted by molar-refractivity contribution is 0.669. The zero-order valence-corrected chi connectivity index (χ0v) is 63.7. The number of aromatic nitrogens is 8. The first-order valence-electron chi connectivity index (χ1n) is 39.6. The van der Waals surface area contributed by atoms with Crippen molar-refractivity contribution in [2.75, 3.05) is 0 Å². The van der Waals surface area contributed by atoms with Crippen LogP contribution in [-0.2, 0) is 0 Å². The second-order valence-electron chi connectivity index (χ2n) is 29.5. The number of hydrogen-bond acceptors (Lipinski definition) is 8. The summed E-state index contributed by atoms with van der Waals surface area (Å²) in [6.07, 6.45) is 0. The maximum absolute atomic E-state index is 6.60. The highest BCUT2D eigenvalue weighted by molar-refractivity contribution is 6.16. The van der Waals surface area contributed by atoms with Crippen LogP contribution in [-0.4, -0.2) is 39.0 Å². The van der Waals surface area contributed by atoms with Gasteiger partial charge in [0.2, 0.25) is 0 Å². The Bertz CT molecular complexity index is 7680. The van der Waals surface area contributed by atoms with Crippen LogP contribution in [0.25, 0.3) is 223 Å². The van der Waals surface area contributed by atoms with Gasteiger partial charge in [-0.05, 0) is 87.5 Å². The number of fused-ring (bicyclic) bond motifs is 12. The molecular weight excluding hydrogens is 1440 g/mol. The Balaban J connectivity index is 0.000000143. The molecule has 118 heavy (non-hydrogen) atoms. The third-order valence-corrected chi connectivity index (χ3v) is 22.6. The van der Waals surface area contributed by atoms with Crippen molar-refractivity contribution in [1.29, 1.82) is 0 Å². The summed E-state index contributed by atoms with van der Waals surface area (Å²) < 4.78 is 17.9. The number of para-hydroxylation sites is 7. The van der Waals surface area contributed by atoms with Gasteiger partial charge in [0.15, 0.2) is 34.9 Å². The summed E-state index contributed by atoms with van der Waals surface area (Å²) >= 11 is 0. The van der Waals surface area contributed by atoms with Gasteiger partial charge in [-0.1, -0.05) is 364 Å². The minimum atomic E-state index is 0.584. The molecule has 0 aliphatic heterocycles. The van der Waals surface area contributed by atoms with Gasteiger partial charge in [0.05, 0.1) is 39.0 Å². The number of furan rings is 2. The number of benzene rings is 17. The second kappa shape index (κ2) is 29.2. The minimum Gasteiger partial charge on any atom is -0.455 e. The Morgan fingerprint density at radius 2 is 0.500 bits per heavy atom. The molecule has 6 aromatic heterocycles. The van der Waals surface area contributed by atoms with Crippen LogP contribution in [0.2, 0.25) is 0 Å². The van der Waals surface area contributed by atoms with Crippen molar-refractivity contribution in [3.63, 3.8) is 0 Å². The van der Waals surface area contributed by atoms with Crippen molar-refractivity contribution in [2.24, 2.45) is 0 Å². The number of rotatable bonds is 13. The Labute approximate surface area is 678 Å². The molecule has 0 atom stereocenters. The molecule has 0 saturated heterocycles. The van der Waals surface area contributed by atoms with Crippen LogP contribution in [0.15, 0.2) is 421 Å². The van der Waals surface area contributed by atoms with Crippen molar-refractivity contribution >= 4 is 87.5 Å². The molecule has 0 radical (unpaired) electrons. The van der Waals surface area contributed by atoms with Crippen LogP contribution in [0.5, 0.6) is 0 Å². The Kier molecular flexibility index (Phi) is 17.0. The van der Waals surface area contributed by atoms with E-state index in [-0.39, 0.29) is 0 Å². The third-order valence-electron chi connectivity index (χ3n) is 22.6. The molecule has 0 spiro atoms. The van der Waals surface area contributed by atoms with E-state index < -0.39 is 0 Å². The summed E-state index contributed by atoms with van der Waals surface area (Å²) in [4.78, 5) is 31.3. The molecule has 23 aromatic rings. The summed E-state index contributed by atoms with van der Waals surface area (Å²) in [7, 11) is 0. The van der Waals surface area contributed by atoms with Crippen molar-refractivity contribution in [2.45, 2.75) is 0 Å². The normalized spacial score (nSPS) is 11.6. The Morgan fingerprint density at radius 3 is 0.992 bits per heavy atom. The van der Waals surface area contributed by atoms with Gasteiger partial charge in [0.1, 0.15) is 22.3 Å². The molecule has 17 aromatic carbocycles. The van der Waals surface area contributed by atoms with E-state index in [0.29, 0.717) is 34.9 Å². The standard InChI is InChI=1S/C57H36N4O.C51H32N4O/c1-4-18-37(19-5-1)41-24-10-11-25-43(41)47-29-17-31-49(57-59-55(38-20-6-2-7-21-38)58-56(60-57)39-22-8-3-9-23-39)53(47)61-50-32-14-12-26-44(50)45-35-34-40(36-51(45)61)42-28-16-30-48-46-27-13-15-33-52(46)62-54(42)48;1-4-16-33(17-5-1)37-24-15-28-44(47(37)51-53-49(34-18-6-2-7-19-34)52-50(54-51)35-20-8-3-9-21-35)55-43-27-12-10-22-39(43)40-31-30-36(32-45(40)55)38-25-14-26-42-41-23-11-13-29-46(41)56-48(38)42/h1-36H;1-32H. The lowest BCUT2D eigenvalue weighted by Crippen LogP contribution is -2.05. The smallest absolute Gasteiger partial charge is 0.166 e. The van der Waals surface area contributed by atoms with Crippen LogP contribution in [0, 0.1) is 0 Å².